The number of carbonyl (C=O) groups excluding carboxylic acids is 1. The molecule has 1 aliphatic carbocycles. The van der Waals surface area contributed by atoms with Gasteiger partial charge in [-0.2, -0.15) is 11.8 Å². The van der Waals surface area contributed by atoms with Gasteiger partial charge in [-0.05, 0) is 30.7 Å². The molecule has 0 radical (unpaired) electrons. The minimum Gasteiger partial charge on any atom is -0.366 e. The van der Waals surface area contributed by atoms with Crippen LogP contribution in [0.1, 0.15) is 35.2 Å². The van der Waals surface area contributed by atoms with Gasteiger partial charge in [0.1, 0.15) is 0 Å². The fourth-order valence-corrected chi connectivity index (χ4v) is 3.56. The molecule has 3 N–H and O–H groups in total. The van der Waals surface area contributed by atoms with Gasteiger partial charge in [-0.15, -0.1) is 0 Å². The lowest BCUT2D eigenvalue weighted by atomic mass is 10.1. The molecule has 3 nitrogen and oxygen atoms in total. The molecule has 2 rings (SSSR count). The van der Waals surface area contributed by atoms with Crippen LogP contribution in [0.25, 0.3) is 0 Å². The van der Waals surface area contributed by atoms with E-state index < -0.39 is 0 Å². The zero-order chi connectivity index (χ0) is 13.0. The van der Waals surface area contributed by atoms with E-state index in [0.29, 0.717) is 16.9 Å². The number of rotatable bonds is 5. The van der Waals surface area contributed by atoms with Crippen LogP contribution in [0, 0.1) is 0 Å². The van der Waals surface area contributed by atoms with Crippen molar-refractivity contribution in [1.29, 1.82) is 0 Å². The summed E-state index contributed by atoms with van der Waals surface area (Å²) >= 11 is 1.93. The first-order valence-corrected chi connectivity index (χ1v) is 7.65. The smallest absolute Gasteiger partial charge is 0.249 e. The van der Waals surface area contributed by atoms with E-state index in [-0.39, 0.29) is 5.91 Å². The van der Waals surface area contributed by atoms with Crippen LogP contribution < -0.4 is 11.1 Å². The third kappa shape index (κ3) is 3.06. The second-order valence-corrected chi connectivity index (χ2v) is 5.79. The van der Waals surface area contributed by atoms with Crippen molar-refractivity contribution in [3.8, 4) is 0 Å². The Morgan fingerprint density at radius 2 is 2.22 bits per heavy atom. The number of carbonyl (C=O) groups is 1. The van der Waals surface area contributed by atoms with Gasteiger partial charge in [-0.25, -0.2) is 0 Å². The first-order valence-electron chi connectivity index (χ1n) is 6.36. The van der Waals surface area contributed by atoms with E-state index in [1.807, 2.05) is 30.0 Å². The summed E-state index contributed by atoms with van der Waals surface area (Å²) in [4.78, 5) is 11.3. The van der Waals surface area contributed by atoms with E-state index in [4.69, 9.17) is 5.73 Å². The molecule has 1 amide bonds. The van der Waals surface area contributed by atoms with E-state index in [9.17, 15) is 4.79 Å². The second kappa shape index (κ2) is 6.25. The standard InChI is InChI=1S/C14H20N2OS/c1-18-13-8-4-7-12(13)16-9-10-5-2-3-6-11(10)14(15)17/h2-3,5-6,12-13,16H,4,7-9H2,1H3,(H2,15,17). The van der Waals surface area contributed by atoms with Crippen LogP contribution in [0.4, 0.5) is 0 Å². The molecular formula is C14H20N2OS. The summed E-state index contributed by atoms with van der Waals surface area (Å²) in [6, 6.07) is 8.12. The molecule has 0 saturated heterocycles. The van der Waals surface area contributed by atoms with Crippen molar-refractivity contribution in [3.63, 3.8) is 0 Å². The highest BCUT2D eigenvalue weighted by Gasteiger charge is 2.25. The van der Waals surface area contributed by atoms with E-state index in [1.54, 1.807) is 6.07 Å². The summed E-state index contributed by atoms with van der Waals surface area (Å²) in [6.07, 6.45) is 5.98. The third-order valence-electron chi connectivity index (χ3n) is 3.59. The fraction of sp³-hybridized carbons (Fsp3) is 0.500. The van der Waals surface area contributed by atoms with Crippen molar-refractivity contribution in [3.05, 3.63) is 35.4 Å². The van der Waals surface area contributed by atoms with Gasteiger partial charge < -0.3 is 11.1 Å². The zero-order valence-electron chi connectivity index (χ0n) is 10.7. The Hall–Kier alpha value is -1.00. The van der Waals surface area contributed by atoms with Crippen molar-refractivity contribution in [2.45, 2.75) is 37.1 Å². The molecule has 0 heterocycles. The van der Waals surface area contributed by atoms with Crippen LogP contribution in [0.3, 0.4) is 0 Å². The molecule has 2 unspecified atom stereocenters. The molecule has 4 heteroatoms. The van der Waals surface area contributed by atoms with Gasteiger partial charge in [-0.1, -0.05) is 24.6 Å². The van der Waals surface area contributed by atoms with Gasteiger partial charge in [0.2, 0.25) is 5.91 Å². The van der Waals surface area contributed by atoms with Crippen molar-refractivity contribution in [1.82, 2.24) is 5.32 Å². The molecule has 0 spiro atoms. The lowest BCUT2D eigenvalue weighted by Gasteiger charge is -2.19. The highest BCUT2D eigenvalue weighted by molar-refractivity contribution is 7.99. The van der Waals surface area contributed by atoms with Crippen LogP contribution in [0.2, 0.25) is 0 Å². The van der Waals surface area contributed by atoms with E-state index in [0.717, 1.165) is 12.1 Å². The lowest BCUT2D eigenvalue weighted by Crippen LogP contribution is -2.34. The maximum Gasteiger partial charge on any atom is 0.249 e. The molecule has 18 heavy (non-hydrogen) atoms. The second-order valence-electron chi connectivity index (χ2n) is 4.71. The maximum atomic E-state index is 11.3. The summed E-state index contributed by atoms with van der Waals surface area (Å²) in [7, 11) is 0. The Morgan fingerprint density at radius 3 is 2.94 bits per heavy atom. The van der Waals surface area contributed by atoms with E-state index in [1.165, 1.54) is 19.3 Å². The number of hydrogen-bond donors (Lipinski definition) is 2. The third-order valence-corrected chi connectivity index (χ3v) is 4.76. The molecule has 1 aliphatic rings. The molecule has 1 aromatic carbocycles. The van der Waals surface area contributed by atoms with Gasteiger partial charge >= 0.3 is 0 Å². The normalized spacial score (nSPS) is 23.2. The van der Waals surface area contributed by atoms with Gasteiger partial charge in [0.25, 0.3) is 0 Å². The minimum atomic E-state index is -0.347. The van der Waals surface area contributed by atoms with Crippen molar-refractivity contribution < 1.29 is 4.79 Å². The molecule has 1 saturated carbocycles. The maximum absolute atomic E-state index is 11.3. The topological polar surface area (TPSA) is 55.1 Å². The summed E-state index contributed by atoms with van der Waals surface area (Å²) < 4.78 is 0. The Morgan fingerprint density at radius 1 is 1.44 bits per heavy atom. The van der Waals surface area contributed by atoms with Crippen LogP contribution in [-0.4, -0.2) is 23.5 Å². The highest BCUT2D eigenvalue weighted by atomic mass is 32.2. The van der Waals surface area contributed by atoms with Crippen LogP contribution in [0.15, 0.2) is 24.3 Å². The summed E-state index contributed by atoms with van der Waals surface area (Å²) in [5.41, 5.74) is 7.01. The SMILES string of the molecule is CSC1CCCC1NCc1ccccc1C(N)=O. The molecule has 0 aromatic heterocycles. The number of nitrogens with two attached hydrogens (primary N) is 1. The summed E-state index contributed by atoms with van der Waals surface area (Å²) in [6.45, 7) is 0.723. The largest absolute Gasteiger partial charge is 0.366 e. The monoisotopic (exact) mass is 264 g/mol. The van der Waals surface area contributed by atoms with Crippen LogP contribution >= 0.6 is 11.8 Å². The average molecular weight is 264 g/mol. The van der Waals surface area contributed by atoms with Crippen molar-refractivity contribution in [2.75, 3.05) is 6.26 Å². The lowest BCUT2D eigenvalue weighted by molar-refractivity contribution is 0.0999. The summed E-state index contributed by atoms with van der Waals surface area (Å²) in [5.74, 6) is -0.347. The van der Waals surface area contributed by atoms with Crippen LogP contribution in [0.5, 0.6) is 0 Å². The first kappa shape index (κ1) is 13.4. The molecule has 2 atom stereocenters. The van der Waals surface area contributed by atoms with Gasteiger partial charge in [-0.3, -0.25) is 4.79 Å². The average Bonchev–Trinajstić information content (AvgIpc) is 2.84. The quantitative estimate of drug-likeness (QED) is 0.857. The van der Waals surface area contributed by atoms with E-state index >= 15 is 0 Å². The highest BCUT2D eigenvalue weighted by Crippen LogP contribution is 2.28. The fourth-order valence-electron chi connectivity index (χ4n) is 2.60. The zero-order valence-corrected chi connectivity index (χ0v) is 11.5. The number of hydrogen-bond acceptors (Lipinski definition) is 3. The predicted molar refractivity (Wildman–Crippen MR) is 76.7 cm³/mol. The molecule has 98 valence electrons. The Balaban J connectivity index is 2.00. The number of nitrogens with one attached hydrogen (secondary N) is 1. The first-order chi connectivity index (χ1) is 8.72. The van der Waals surface area contributed by atoms with Gasteiger partial charge in [0.15, 0.2) is 0 Å². The number of benzene rings is 1. The Bertz CT molecular complexity index is 422. The molecular weight excluding hydrogens is 244 g/mol. The predicted octanol–water partition coefficient (Wildman–Crippen LogP) is 2.16. The van der Waals surface area contributed by atoms with Crippen LogP contribution in [-0.2, 0) is 6.54 Å². The van der Waals surface area contributed by atoms with Gasteiger partial charge in [0, 0.05) is 23.4 Å². The number of primary amides is 1. The number of thioether (sulfide) groups is 1. The van der Waals surface area contributed by atoms with E-state index in [2.05, 4.69) is 11.6 Å². The molecule has 0 aliphatic heterocycles. The molecule has 0 bridgehead atoms. The van der Waals surface area contributed by atoms with Gasteiger partial charge in [0.05, 0.1) is 0 Å². The summed E-state index contributed by atoms with van der Waals surface area (Å²) in [5, 5.41) is 4.27. The minimum absolute atomic E-state index is 0.347. The molecule has 1 fully saturated rings. The van der Waals surface area contributed by atoms with Crippen molar-refractivity contribution >= 4 is 17.7 Å². The van der Waals surface area contributed by atoms with Crippen molar-refractivity contribution in [2.24, 2.45) is 5.73 Å². The molecule has 1 aromatic rings. The Kier molecular flexibility index (Phi) is 4.66. The number of amides is 1. The Labute approximate surface area is 113 Å².